The zero-order chi connectivity index (χ0) is 28.8. The summed E-state index contributed by atoms with van der Waals surface area (Å²) < 4.78 is 0. The predicted molar refractivity (Wildman–Crippen MR) is 157 cm³/mol. The zero-order valence-corrected chi connectivity index (χ0v) is 24.4. The summed E-state index contributed by atoms with van der Waals surface area (Å²) in [5.41, 5.74) is 8.94. The molecule has 2 aromatic rings. The largest absolute Gasteiger partial charge is 0.395 e. The number of piperazine rings is 1. The van der Waals surface area contributed by atoms with E-state index in [1.165, 1.54) is 0 Å². The Kier molecular flexibility index (Phi) is 10.2. The SMILES string of the molecule is CC[C@H]1CN(c2nc(N)c(C(=O)NCCO)nc2Cl)CCN1C1CCN(Cc2ccc(C)cc2C(=O)NC)CC1. The molecule has 12 heteroatoms. The van der Waals surface area contributed by atoms with Crippen LogP contribution in [0.15, 0.2) is 18.2 Å². The molecule has 0 bridgehead atoms. The molecule has 3 heterocycles. The van der Waals surface area contributed by atoms with Gasteiger partial charge in [0.1, 0.15) is 0 Å². The van der Waals surface area contributed by atoms with E-state index in [0.29, 0.717) is 17.9 Å². The number of nitrogens with one attached hydrogen (secondary N) is 2. The summed E-state index contributed by atoms with van der Waals surface area (Å²) in [4.78, 5) is 40.5. The highest BCUT2D eigenvalue weighted by Crippen LogP contribution is 2.30. The number of hydrogen-bond donors (Lipinski definition) is 4. The van der Waals surface area contributed by atoms with Crippen LogP contribution in [0, 0.1) is 6.92 Å². The van der Waals surface area contributed by atoms with Gasteiger partial charge in [0.15, 0.2) is 22.5 Å². The van der Waals surface area contributed by atoms with Gasteiger partial charge in [-0.1, -0.05) is 36.2 Å². The lowest BCUT2D eigenvalue weighted by Gasteiger charge is -2.47. The van der Waals surface area contributed by atoms with Crippen LogP contribution in [-0.4, -0.2) is 102 Å². The highest BCUT2D eigenvalue weighted by atomic mass is 35.5. The highest BCUT2D eigenvalue weighted by Gasteiger charge is 2.34. The number of aromatic nitrogens is 2. The Morgan fingerprint density at radius 1 is 1.15 bits per heavy atom. The van der Waals surface area contributed by atoms with Crippen LogP contribution in [0.5, 0.6) is 0 Å². The van der Waals surface area contributed by atoms with Crippen LogP contribution in [0.2, 0.25) is 5.15 Å². The minimum Gasteiger partial charge on any atom is -0.395 e. The van der Waals surface area contributed by atoms with Gasteiger partial charge in [0, 0.05) is 57.4 Å². The molecule has 2 amide bonds. The fourth-order valence-corrected chi connectivity index (χ4v) is 6.02. The van der Waals surface area contributed by atoms with Gasteiger partial charge in [0.05, 0.1) is 6.61 Å². The predicted octanol–water partition coefficient (Wildman–Crippen LogP) is 1.67. The van der Waals surface area contributed by atoms with E-state index in [-0.39, 0.29) is 35.7 Å². The van der Waals surface area contributed by atoms with E-state index < -0.39 is 5.91 Å². The molecular weight excluding hydrogens is 532 g/mol. The van der Waals surface area contributed by atoms with Crippen molar-refractivity contribution < 1.29 is 14.7 Å². The Balaban J connectivity index is 1.37. The molecule has 4 rings (SSSR count). The number of likely N-dealkylation sites (tertiary alicyclic amines) is 1. The van der Waals surface area contributed by atoms with Gasteiger partial charge in [0.25, 0.3) is 11.8 Å². The molecule has 0 aliphatic carbocycles. The van der Waals surface area contributed by atoms with Crippen molar-refractivity contribution in [3.05, 3.63) is 45.7 Å². The van der Waals surface area contributed by atoms with Crippen LogP contribution < -0.4 is 21.3 Å². The van der Waals surface area contributed by atoms with Crippen molar-refractivity contribution >= 4 is 35.1 Å². The van der Waals surface area contributed by atoms with E-state index in [4.69, 9.17) is 22.4 Å². The van der Waals surface area contributed by atoms with E-state index >= 15 is 0 Å². The molecule has 0 saturated carbocycles. The van der Waals surface area contributed by atoms with Gasteiger partial charge in [-0.3, -0.25) is 19.4 Å². The summed E-state index contributed by atoms with van der Waals surface area (Å²) in [5.74, 6) is -0.0348. The summed E-state index contributed by atoms with van der Waals surface area (Å²) in [6.45, 7) is 9.22. The van der Waals surface area contributed by atoms with Crippen LogP contribution in [0.1, 0.15) is 58.2 Å². The molecule has 0 radical (unpaired) electrons. The van der Waals surface area contributed by atoms with E-state index in [1.54, 1.807) is 7.05 Å². The summed E-state index contributed by atoms with van der Waals surface area (Å²) in [6, 6.07) is 6.94. The molecule has 1 aromatic heterocycles. The maximum atomic E-state index is 12.4. The summed E-state index contributed by atoms with van der Waals surface area (Å²) in [5, 5.41) is 14.4. The first kappa shape index (κ1) is 30.0. The van der Waals surface area contributed by atoms with Crippen molar-refractivity contribution in [1.82, 2.24) is 30.4 Å². The number of carbonyl (C=O) groups is 2. The number of piperidine rings is 1. The Morgan fingerprint density at radius 3 is 2.58 bits per heavy atom. The second-order valence-corrected chi connectivity index (χ2v) is 10.9. The van der Waals surface area contributed by atoms with E-state index in [1.807, 2.05) is 13.0 Å². The second kappa shape index (κ2) is 13.6. The molecular formula is C28H41ClN8O3. The van der Waals surface area contributed by atoms with Gasteiger partial charge >= 0.3 is 0 Å². The molecule has 40 heavy (non-hydrogen) atoms. The molecule has 1 atom stereocenters. The summed E-state index contributed by atoms with van der Waals surface area (Å²) >= 11 is 6.48. The molecule has 0 spiro atoms. The number of benzene rings is 1. The number of carbonyl (C=O) groups excluding carboxylic acids is 2. The number of hydrogen-bond acceptors (Lipinski definition) is 9. The number of rotatable bonds is 9. The molecule has 2 saturated heterocycles. The Morgan fingerprint density at radius 2 is 1.90 bits per heavy atom. The number of nitrogen functional groups attached to an aromatic ring is 1. The van der Waals surface area contributed by atoms with Crippen LogP contribution in [0.25, 0.3) is 0 Å². The molecule has 0 unspecified atom stereocenters. The first-order valence-electron chi connectivity index (χ1n) is 14.0. The minimum absolute atomic E-state index is 0.0193. The Hall–Kier alpha value is -2.99. The highest BCUT2D eigenvalue weighted by molar-refractivity contribution is 6.32. The number of aliphatic hydroxyl groups is 1. The van der Waals surface area contributed by atoms with E-state index in [0.717, 1.165) is 75.2 Å². The van der Waals surface area contributed by atoms with Crippen LogP contribution in [0.3, 0.4) is 0 Å². The number of anilines is 2. The first-order chi connectivity index (χ1) is 19.2. The monoisotopic (exact) mass is 572 g/mol. The normalized spacial score (nSPS) is 19.0. The van der Waals surface area contributed by atoms with Crippen molar-refractivity contribution in [3.8, 4) is 0 Å². The van der Waals surface area contributed by atoms with Gasteiger partial charge in [-0.25, -0.2) is 9.97 Å². The summed E-state index contributed by atoms with van der Waals surface area (Å²) in [6.07, 6.45) is 3.13. The molecule has 1 aromatic carbocycles. The fourth-order valence-electron chi connectivity index (χ4n) is 5.77. The molecule has 2 aliphatic rings. The van der Waals surface area contributed by atoms with Crippen molar-refractivity contribution in [1.29, 1.82) is 0 Å². The van der Waals surface area contributed by atoms with Crippen molar-refractivity contribution in [2.75, 3.05) is 63.6 Å². The Labute approximate surface area is 241 Å². The van der Waals surface area contributed by atoms with Crippen LogP contribution in [-0.2, 0) is 6.54 Å². The van der Waals surface area contributed by atoms with E-state index in [9.17, 15) is 9.59 Å². The number of nitrogens with zero attached hydrogens (tertiary/aromatic N) is 5. The van der Waals surface area contributed by atoms with Gasteiger partial charge in [-0.05, 0) is 50.9 Å². The fraction of sp³-hybridized carbons (Fsp3) is 0.571. The lowest BCUT2D eigenvalue weighted by molar-refractivity contribution is 0.0609. The number of nitrogens with two attached hydrogens (primary N) is 1. The lowest BCUT2D eigenvalue weighted by Crippen LogP contribution is -2.58. The molecule has 5 N–H and O–H groups in total. The third-order valence-electron chi connectivity index (χ3n) is 7.93. The maximum absolute atomic E-state index is 12.4. The van der Waals surface area contributed by atoms with Crippen molar-refractivity contribution in [2.24, 2.45) is 0 Å². The molecule has 2 fully saturated rings. The second-order valence-electron chi connectivity index (χ2n) is 10.5. The van der Waals surface area contributed by atoms with Crippen molar-refractivity contribution in [2.45, 2.75) is 51.7 Å². The summed E-state index contributed by atoms with van der Waals surface area (Å²) in [7, 11) is 1.67. The van der Waals surface area contributed by atoms with Gasteiger partial charge in [-0.15, -0.1) is 0 Å². The number of aryl methyl sites for hydroxylation is 1. The lowest BCUT2D eigenvalue weighted by atomic mass is 9.97. The smallest absolute Gasteiger partial charge is 0.273 e. The molecule has 2 aliphatic heterocycles. The first-order valence-corrected chi connectivity index (χ1v) is 14.4. The quantitative estimate of drug-likeness (QED) is 0.353. The van der Waals surface area contributed by atoms with E-state index in [2.05, 4.69) is 54.4 Å². The van der Waals surface area contributed by atoms with Gasteiger partial charge < -0.3 is 26.4 Å². The maximum Gasteiger partial charge on any atom is 0.273 e. The average molecular weight is 573 g/mol. The average Bonchev–Trinajstić information content (AvgIpc) is 2.97. The number of halogens is 1. The van der Waals surface area contributed by atoms with Gasteiger partial charge in [-0.2, -0.15) is 0 Å². The van der Waals surface area contributed by atoms with Crippen LogP contribution in [0.4, 0.5) is 11.6 Å². The third-order valence-corrected chi connectivity index (χ3v) is 8.19. The van der Waals surface area contributed by atoms with Crippen molar-refractivity contribution in [3.63, 3.8) is 0 Å². The van der Waals surface area contributed by atoms with Gasteiger partial charge in [0.2, 0.25) is 0 Å². The zero-order valence-electron chi connectivity index (χ0n) is 23.6. The standard InChI is InChI=1S/C28H41ClN8O3/c1-4-20-17-36(26-24(29)33-23(25(30)34-26)28(40)32-9-14-38)12-13-37(20)21-7-10-35(11-8-21)16-19-6-5-18(2)15-22(19)27(39)31-3/h5-6,15,20-21,38H,4,7-14,16-17H2,1-3H3,(H2,30,34)(H,31,39)(H,32,40)/t20-/m0/s1. The topological polar surface area (TPSA) is 140 Å². The molecule has 218 valence electrons. The third kappa shape index (κ3) is 6.83. The number of amides is 2. The van der Waals surface area contributed by atoms with Crippen LogP contribution >= 0.6 is 11.6 Å². The Bertz CT molecular complexity index is 1200. The molecule has 11 nitrogen and oxygen atoms in total. The minimum atomic E-state index is -0.512. The number of aliphatic hydroxyl groups excluding tert-OH is 1.